The molecular formula is C24H31ClN2O2. The molecule has 0 spiro atoms. The van der Waals surface area contributed by atoms with Crippen molar-refractivity contribution >= 4 is 29.1 Å². The van der Waals surface area contributed by atoms with Crippen molar-refractivity contribution in [3.8, 4) is 11.4 Å². The SMILES string of the molecule is CCN(CC)CCOc1ccc2c(c1)c(C(C)=O)c(C)n2-c1ccc(C)cc1.Cl. The maximum atomic E-state index is 12.4. The number of carbonyl (C=O) groups excluding carboxylic acids is 1. The van der Waals surface area contributed by atoms with Crippen LogP contribution >= 0.6 is 12.4 Å². The quantitative estimate of drug-likeness (QED) is 0.450. The number of aromatic nitrogens is 1. The number of nitrogens with zero attached hydrogens (tertiary/aromatic N) is 2. The van der Waals surface area contributed by atoms with E-state index >= 15 is 0 Å². The highest BCUT2D eigenvalue weighted by Crippen LogP contribution is 2.32. The summed E-state index contributed by atoms with van der Waals surface area (Å²) in [7, 11) is 0. The van der Waals surface area contributed by atoms with Gasteiger partial charge in [0.05, 0.1) is 5.52 Å². The Morgan fingerprint density at radius 2 is 1.69 bits per heavy atom. The van der Waals surface area contributed by atoms with Gasteiger partial charge in [0, 0.05) is 28.9 Å². The lowest BCUT2D eigenvalue weighted by Crippen LogP contribution is -2.27. The van der Waals surface area contributed by atoms with Crippen molar-refractivity contribution in [2.75, 3.05) is 26.2 Å². The fraction of sp³-hybridized carbons (Fsp3) is 0.375. The zero-order valence-electron chi connectivity index (χ0n) is 18.0. The normalized spacial score (nSPS) is 11.0. The molecule has 0 fully saturated rings. The molecule has 1 aromatic heterocycles. The first-order valence-corrected chi connectivity index (χ1v) is 10.0. The Balaban J connectivity index is 0.00000300. The van der Waals surface area contributed by atoms with Gasteiger partial charge in [-0.15, -0.1) is 12.4 Å². The Kier molecular flexibility index (Phi) is 7.88. The maximum absolute atomic E-state index is 12.4. The third kappa shape index (κ3) is 4.82. The van der Waals surface area contributed by atoms with Crippen molar-refractivity contribution in [2.24, 2.45) is 0 Å². The number of Topliss-reactive ketones (excluding diaryl/α,β-unsaturated/α-hetero) is 1. The summed E-state index contributed by atoms with van der Waals surface area (Å²) in [5, 5.41) is 0.950. The molecule has 3 rings (SSSR count). The summed E-state index contributed by atoms with van der Waals surface area (Å²) in [6.45, 7) is 13.6. The molecule has 0 aliphatic rings. The smallest absolute Gasteiger partial charge is 0.162 e. The molecule has 0 unspecified atom stereocenters. The van der Waals surface area contributed by atoms with Crippen LogP contribution in [-0.4, -0.2) is 41.5 Å². The zero-order valence-corrected chi connectivity index (χ0v) is 18.8. The zero-order chi connectivity index (χ0) is 20.3. The number of benzene rings is 2. The number of likely N-dealkylation sites (N-methyl/N-ethyl adjacent to an activating group) is 1. The van der Waals surface area contributed by atoms with E-state index in [4.69, 9.17) is 4.74 Å². The van der Waals surface area contributed by atoms with Crippen LogP contribution in [0.4, 0.5) is 0 Å². The lowest BCUT2D eigenvalue weighted by Gasteiger charge is -2.18. The number of rotatable bonds is 8. The largest absolute Gasteiger partial charge is 0.492 e. The summed E-state index contributed by atoms with van der Waals surface area (Å²) >= 11 is 0. The summed E-state index contributed by atoms with van der Waals surface area (Å²) in [4.78, 5) is 14.7. The number of fused-ring (bicyclic) bond motifs is 1. The van der Waals surface area contributed by atoms with Crippen molar-refractivity contribution < 1.29 is 9.53 Å². The van der Waals surface area contributed by atoms with E-state index in [-0.39, 0.29) is 18.2 Å². The molecular weight excluding hydrogens is 384 g/mol. The summed E-state index contributed by atoms with van der Waals surface area (Å²) in [6, 6.07) is 14.4. The van der Waals surface area contributed by atoms with Crippen LogP contribution in [0.25, 0.3) is 16.6 Å². The van der Waals surface area contributed by atoms with E-state index in [9.17, 15) is 4.79 Å². The van der Waals surface area contributed by atoms with Crippen LogP contribution < -0.4 is 4.74 Å². The summed E-state index contributed by atoms with van der Waals surface area (Å²) in [5.74, 6) is 0.886. The van der Waals surface area contributed by atoms with Crippen molar-refractivity contribution in [3.05, 3.63) is 59.3 Å². The van der Waals surface area contributed by atoms with Crippen molar-refractivity contribution in [3.63, 3.8) is 0 Å². The molecule has 0 aliphatic heterocycles. The average Bonchev–Trinajstić information content (AvgIpc) is 2.97. The van der Waals surface area contributed by atoms with Gasteiger partial charge in [-0.25, -0.2) is 0 Å². The monoisotopic (exact) mass is 414 g/mol. The van der Waals surface area contributed by atoms with Crippen LogP contribution in [0, 0.1) is 13.8 Å². The van der Waals surface area contributed by atoms with Crippen LogP contribution in [0.15, 0.2) is 42.5 Å². The van der Waals surface area contributed by atoms with Gasteiger partial charge in [-0.2, -0.15) is 0 Å². The molecule has 0 N–H and O–H groups in total. The fourth-order valence-corrected chi connectivity index (χ4v) is 3.79. The highest BCUT2D eigenvalue weighted by molar-refractivity contribution is 6.09. The number of aryl methyl sites for hydroxylation is 1. The summed E-state index contributed by atoms with van der Waals surface area (Å²) < 4.78 is 8.15. The topological polar surface area (TPSA) is 34.5 Å². The first kappa shape index (κ1) is 23.0. The highest BCUT2D eigenvalue weighted by atomic mass is 35.5. The lowest BCUT2D eigenvalue weighted by molar-refractivity contribution is 0.101. The van der Waals surface area contributed by atoms with Crippen molar-refractivity contribution in [1.29, 1.82) is 0 Å². The molecule has 0 aliphatic carbocycles. The molecule has 0 bridgehead atoms. The Bertz CT molecular complexity index is 973. The molecule has 0 saturated carbocycles. The van der Waals surface area contributed by atoms with E-state index < -0.39 is 0 Å². The summed E-state index contributed by atoms with van der Waals surface area (Å²) in [5.41, 5.74) is 5.04. The minimum atomic E-state index is 0. The Morgan fingerprint density at radius 3 is 2.28 bits per heavy atom. The van der Waals surface area contributed by atoms with E-state index in [0.717, 1.165) is 53.2 Å². The van der Waals surface area contributed by atoms with Gasteiger partial charge in [0.25, 0.3) is 0 Å². The lowest BCUT2D eigenvalue weighted by atomic mass is 10.1. The average molecular weight is 415 g/mol. The van der Waals surface area contributed by atoms with E-state index in [1.165, 1.54) is 5.56 Å². The highest BCUT2D eigenvalue weighted by Gasteiger charge is 2.19. The molecule has 5 heteroatoms. The Morgan fingerprint density at radius 1 is 1.03 bits per heavy atom. The second-order valence-corrected chi connectivity index (χ2v) is 7.24. The Labute approximate surface area is 179 Å². The number of ketones is 1. The number of halogens is 1. The number of carbonyl (C=O) groups is 1. The van der Waals surface area contributed by atoms with Gasteiger partial charge in [0.2, 0.25) is 0 Å². The van der Waals surface area contributed by atoms with E-state index in [1.54, 1.807) is 6.92 Å². The van der Waals surface area contributed by atoms with Gasteiger partial charge in [0.1, 0.15) is 12.4 Å². The minimum absolute atomic E-state index is 0. The molecule has 0 amide bonds. The molecule has 0 saturated heterocycles. The van der Waals surface area contributed by atoms with Crippen LogP contribution in [0.3, 0.4) is 0 Å². The molecule has 1 heterocycles. The molecule has 29 heavy (non-hydrogen) atoms. The molecule has 3 aromatic rings. The van der Waals surface area contributed by atoms with E-state index in [2.05, 4.69) is 60.6 Å². The van der Waals surface area contributed by atoms with Gasteiger partial charge < -0.3 is 14.2 Å². The number of hydrogen-bond donors (Lipinski definition) is 0. The van der Waals surface area contributed by atoms with Crippen LogP contribution in [0.2, 0.25) is 0 Å². The first-order valence-electron chi connectivity index (χ1n) is 10.0. The van der Waals surface area contributed by atoms with Gasteiger partial charge in [0.15, 0.2) is 5.78 Å². The minimum Gasteiger partial charge on any atom is -0.492 e. The predicted octanol–water partition coefficient (Wildman–Crippen LogP) is 5.59. The fourth-order valence-electron chi connectivity index (χ4n) is 3.79. The maximum Gasteiger partial charge on any atom is 0.162 e. The summed E-state index contributed by atoms with van der Waals surface area (Å²) in [6.07, 6.45) is 0. The number of ether oxygens (including phenoxy) is 1. The van der Waals surface area contributed by atoms with Crippen LogP contribution in [-0.2, 0) is 0 Å². The second kappa shape index (κ2) is 9.95. The van der Waals surface area contributed by atoms with Gasteiger partial charge in [-0.05, 0) is 64.2 Å². The second-order valence-electron chi connectivity index (χ2n) is 7.24. The molecule has 0 atom stereocenters. The van der Waals surface area contributed by atoms with E-state index in [1.807, 2.05) is 19.1 Å². The molecule has 4 nitrogen and oxygen atoms in total. The number of hydrogen-bond acceptors (Lipinski definition) is 3. The van der Waals surface area contributed by atoms with Crippen LogP contribution in [0.1, 0.15) is 42.4 Å². The van der Waals surface area contributed by atoms with Gasteiger partial charge >= 0.3 is 0 Å². The third-order valence-corrected chi connectivity index (χ3v) is 5.39. The standard InChI is InChI=1S/C24H30N2O2.ClH/c1-6-25(7-2)14-15-28-21-12-13-23-22(16-21)24(19(5)27)18(4)26(23)20-10-8-17(3)9-11-20;/h8-13,16H,6-7,14-15H2,1-5H3;1H. The molecule has 2 aromatic carbocycles. The van der Waals surface area contributed by atoms with Gasteiger partial charge in [-0.3, -0.25) is 4.79 Å². The first-order chi connectivity index (χ1) is 13.5. The molecule has 0 radical (unpaired) electrons. The Hall–Kier alpha value is -2.30. The van der Waals surface area contributed by atoms with Crippen molar-refractivity contribution in [2.45, 2.75) is 34.6 Å². The van der Waals surface area contributed by atoms with Crippen molar-refractivity contribution in [1.82, 2.24) is 9.47 Å². The van der Waals surface area contributed by atoms with Crippen LogP contribution in [0.5, 0.6) is 5.75 Å². The third-order valence-electron chi connectivity index (χ3n) is 5.39. The predicted molar refractivity (Wildman–Crippen MR) is 123 cm³/mol. The van der Waals surface area contributed by atoms with E-state index in [0.29, 0.717) is 6.61 Å². The van der Waals surface area contributed by atoms with Gasteiger partial charge in [-0.1, -0.05) is 31.5 Å². The molecule has 156 valence electrons.